The number of benzene rings is 2. The van der Waals surface area contributed by atoms with E-state index in [9.17, 15) is 9.50 Å². The number of hydrogen-bond donors (Lipinski definition) is 1. The molecule has 1 unspecified atom stereocenters. The SMILES string of the molecule is COc1ccc(Cl)cc1CC(O)c1cc(F)ccc1Br. The molecule has 0 aliphatic carbocycles. The van der Waals surface area contributed by atoms with Gasteiger partial charge < -0.3 is 9.84 Å². The van der Waals surface area contributed by atoms with Gasteiger partial charge in [0.1, 0.15) is 11.6 Å². The van der Waals surface area contributed by atoms with Crippen LogP contribution >= 0.6 is 27.5 Å². The summed E-state index contributed by atoms with van der Waals surface area (Å²) >= 11 is 9.26. The summed E-state index contributed by atoms with van der Waals surface area (Å²) in [5.41, 5.74) is 1.26. The molecule has 0 spiro atoms. The zero-order valence-corrected chi connectivity index (χ0v) is 13.1. The first-order valence-corrected chi connectivity index (χ1v) is 7.14. The molecule has 0 heterocycles. The van der Waals surface area contributed by atoms with Crippen LogP contribution in [-0.2, 0) is 6.42 Å². The van der Waals surface area contributed by atoms with Gasteiger partial charge >= 0.3 is 0 Å². The van der Waals surface area contributed by atoms with Crippen molar-refractivity contribution in [3.63, 3.8) is 0 Å². The zero-order chi connectivity index (χ0) is 14.7. The normalized spacial score (nSPS) is 12.2. The minimum atomic E-state index is -0.854. The molecule has 0 aliphatic rings. The lowest BCUT2D eigenvalue weighted by Gasteiger charge is -2.15. The third kappa shape index (κ3) is 3.51. The van der Waals surface area contributed by atoms with Gasteiger partial charge in [0.2, 0.25) is 0 Å². The van der Waals surface area contributed by atoms with Gasteiger partial charge in [-0.05, 0) is 47.5 Å². The summed E-state index contributed by atoms with van der Waals surface area (Å²) in [6.07, 6.45) is -0.571. The first kappa shape index (κ1) is 15.3. The Bertz CT molecular complexity index is 619. The van der Waals surface area contributed by atoms with Crippen molar-refractivity contribution in [1.82, 2.24) is 0 Å². The number of rotatable bonds is 4. The van der Waals surface area contributed by atoms with E-state index < -0.39 is 6.10 Å². The van der Waals surface area contributed by atoms with Gasteiger partial charge in [0.25, 0.3) is 0 Å². The molecule has 5 heteroatoms. The fourth-order valence-electron chi connectivity index (χ4n) is 1.99. The van der Waals surface area contributed by atoms with Crippen molar-refractivity contribution in [2.45, 2.75) is 12.5 Å². The van der Waals surface area contributed by atoms with E-state index in [1.807, 2.05) is 0 Å². The van der Waals surface area contributed by atoms with Gasteiger partial charge in [-0.25, -0.2) is 4.39 Å². The lowest BCUT2D eigenvalue weighted by molar-refractivity contribution is 0.176. The Balaban J connectivity index is 2.29. The van der Waals surface area contributed by atoms with Crippen molar-refractivity contribution < 1.29 is 14.2 Å². The van der Waals surface area contributed by atoms with Crippen molar-refractivity contribution in [3.8, 4) is 5.75 Å². The van der Waals surface area contributed by atoms with Crippen LogP contribution in [0, 0.1) is 5.82 Å². The number of aliphatic hydroxyl groups is 1. The highest BCUT2D eigenvalue weighted by Crippen LogP contribution is 2.31. The highest BCUT2D eigenvalue weighted by Gasteiger charge is 2.16. The summed E-state index contributed by atoms with van der Waals surface area (Å²) < 4.78 is 19.2. The van der Waals surface area contributed by atoms with Crippen LogP contribution in [0.4, 0.5) is 4.39 Å². The molecule has 0 radical (unpaired) electrons. The van der Waals surface area contributed by atoms with Gasteiger partial charge in [-0.15, -0.1) is 0 Å². The topological polar surface area (TPSA) is 29.5 Å². The number of methoxy groups -OCH3 is 1. The van der Waals surface area contributed by atoms with Crippen LogP contribution in [0.25, 0.3) is 0 Å². The summed E-state index contributed by atoms with van der Waals surface area (Å²) in [6, 6.07) is 9.41. The molecule has 0 bridgehead atoms. The van der Waals surface area contributed by atoms with E-state index in [0.29, 0.717) is 20.8 Å². The molecule has 0 amide bonds. The second kappa shape index (κ2) is 6.57. The van der Waals surface area contributed by atoms with Crippen LogP contribution in [-0.4, -0.2) is 12.2 Å². The molecule has 2 aromatic carbocycles. The van der Waals surface area contributed by atoms with Gasteiger partial charge in [0.05, 0.1) is 13.2 Å². The second-order valence-electron chi connectivity index (χ2n) is 4.34. The fourth-order valence-corrected chi connectivity index (χ4v) is 2.70. The van der Waals surface area contributed by atoms with Crippen molar-refractivity contribution in [2.24, 2.45) is 0 Å². The Morgan fingerprint density at radius 2 is 2.05 bits per heavy atom. The van der Waals surface area contributed by atoms with E-state index in [1.54, 1.807) is 31.4 Å². The monoisotopic (exact) mass is 358 g/mol. The molecule has 20 heavy (non-hydrogen) atoms. The molecule has 2 aromatic rings. The van der Waals surface area contributed by atoms with E-state index in [-0.39, 0.29) is 12.2 Å². The van der Waals surface area contributed by atoms with Crippen molar-refractivity contribution in [3.05, 3.63) is 62.8 Å². The summed E-state index contributed by atoms with van der Waals surface area (Å²) in [6.45, 7) is 0. The van der Waals surface area contributed by atoms with Crippen LogP contribution < -0.4 is 4.74 Å². The highest BCUT2D eigenvalue weighted by atomic mass is 79.9. The summed E-state index contributed by atoms with van der Waals surface area (Å²) in [5, 5.41) is 10.9. The number of hydrogen-bond acceptors (Lipinski definition) is 2. The molecule has 106 valence electrons. The van der Waals surface area contributed by atoms with E-state index in [1.165, 1.54) is 12.1 Å². The Morgan fingerprint density at radius 3 is 2.75 bits per heavy atom. The Kier molecular flexibility index (Phi) is 5.02. The molecule has 0 aliphatic heterocycles. The second-order valence-corrected chi connectivity index (χ2v) is 5.63. The molecule has 0 fully saturated rings. The van der Waals surface area contributed by atoms with E-state index in [4.69, 9.17) is 16.3 Å². The standard InChI is InChI=1S/C15H13BrClFO2/c1-20-15-5-2-10(17)6-9(15)7-14(19)12-8-11(18)3-4-13(12)16/h2-6,8,14,19H,7H2,1H3. The third-order valence-corrected chi connectivity index (χ3v) is 3.93. The summed E-state index contributed by atoms with van der Waals surface area (Å²) in [5.74, 6) is 0.251. The molecule has 2 rings (SSSR count). The van der Waals surface area contributed by atoms with Gasteiger partial charge in [-0.2, -0.15) is 0 Å². The fraction of sp³-hybridized carbons (Fsp3) is 0.200. The predicted molar refractivity (Wildman–Crippen MR) is 80.8 cm³/mol. The van der Waals surface area contributed by atoms with Crippen LogP contribution in [0.5, 0.6) is 5.75 Å². The van der Waals surface area contributed by atoms with Crippen LogP contribution in [0.1, 0.15) is 17.2 Å². The molecular weight excluding hydrogens is 347 g/mol. The molecule has 0 saturated carbocycles. The average molecular weight is 360 g/mol. The molecule has 0 aromatic heterocycles. The van der Waals surface area contributed by atoms with E-state index in [0.717, 1.165) is 5.56 Å². The third-order valence-electron chi connectivity index (χ3n) is 2.97. The number of aliphatic hydroxyl groups excluding tert-OH is 1. The maximum absolute atomic E-state index is 13.3. The van der Waals surface area contributed by atoms with Gasteiger partial charge in [0, 0.05) is 15.9 Å². The first-order valence-electron chi connectivity index (χ1n) is 5.96. The molecular formula is C15H13BrClFO2. The highest BCUT2D eigenvalue weighted by molar-refractivity contribution is 9.10. The van der Waals surface area contributed by atoms with Crippen molar-refractivity contribution in [2.75, 3.05) is 7.11 Å². The molecule has 1 N–H and O–H groups in total. The number of halogens is 3. The first-order chi connectivity index (χ1) is 9.51. The van der Waals surface area contributed by atoms with Crippen molar-refractivity contribution >= 4 is 27.5 Å². The van der Waals surface area contributed by atoms with Crippen molar-refractivity contribution in [1.29, 1.82) is 0 Å². The zero-order valence-electron chi connectivity index (χ0n) is 10.7. The lowest BCUT2D eigenvalue weighted by Crippen LogP contribution is -2.05. The quantitative estimate of drug-likeness (QED) is 0.869. The Hall–Kier alpha value is -1.10. The summed E-state index contributed by atoms with van der Waals surface area (Å²) in [7, 11) is 1.55. The molecule has 0 saturated heterocycles. The van der Waals surface area contributed by atoms with E-state index >= 15 is 0 Å². The minimum absolute atomic E-state index is 0.284. The summed E-state index contributed by atoms with van der Waals surface area (Å²) in [4.78, 5) is 0. The average Bonchev–Trinajstić information content (AvgIpc) is 2.41. The van der Waals surface area contributed by atoms with Gasteiger partial charge in [0.15, 0.2) is 0 Å². The largest absolute Gasteiger partial charge is 0.496 e. The minimum Gasteiger partial charge on any atom is -0.496 e. The van der Waals surface area contributed by atoms with Crippen LogP contribution in [0.2, 0.25) is 5.02 Å². The van der Waals surface area contributed by atoms with E-state index in [2.05, 4.69) is 15.9 Å². The smallest absolute Gasteiger partial charge is 0.123 e. The molecule has 1 atom stereocenters. The van der Waals surface area contributed by atoms with Crippen LogP contribution in [0.15, 0.2) is 40.9 Å². The van der Waals surface area contributed by atoms with Gasteiger partial charge in [-0.1, -0.05) is 27.5 Å². The maximum atomic E-state index is 13.3. The predicted octanol–water partition coefficient (Wildman–Crippen LogP) is 4.53. The Labute approximate surface area is 130 Å². The number of ether oxygens (including phenoxy) is 1. The molecule has 2 nitrogen and oxygen atoms in total. The Morgan fingerprint density at radius 1 is 1.30 bits per heavy atom. The lowest BCUT2D eigenvalue weighted by atomic mass is 10.0. The van der Waals surface area contributed by atoms with Crippen LogP contribution in [0.3, 0.4) is 0 Å². The maximum Gasteiger partial charge on any atom is 0.123 e. The van der Waals surface area contributed by atoms with Gasteiger partial charge in [-0.3, -0.25) is 0 Å².